The lowest BCUT2D eigenvalue weighted by Gasteiger charge is -2.11. The molecule has 0 bridgehead atoms. The molecule has 1 atom stereocenters. The molecule has 2 nitrogen and oxygen atoms in total. The monoisotopic (exact) mass is 312 g/mol. The summed E-state index contributed by atoms with van der Waals surface area (Å²) in [5.41, 5.74) is 0.846. The van der Waals surface area contributed by atoms with Gasteiger partial charge >= 0.3 is 0 Å². The third kappa shape index (κ3) is 2.89. The predicted molar refractivity (Wildman–Crippen MR) is 73.7 cm³/mol. The largest absolute Gasteiger partial charge is 0.494 e. The lowest BCUT2D eigenvalue weighted by molar-refractivity contribution is 0.222. The highest BCUT2D eigenvalue weighted by molar-refractivity contribution is 9.10. The molecule has 0 aliphatic heterocycles. The Morgan fingerprint density at radius 2 is 2.24 bits per heavy atom. The molecule has 2 aromatic rings. The molecular weight excluding hydrogens is 300 g/mol. The van der Waals surface area contributed by atoms with Crippen LogP contribution in [0.4, 0.5) is 0 Å². The summed E-state index contributed by atoms with van der Waals surface area (Å²) >= 11 is 4.97. The van der Waals surface area contributed by atoms with Gasteiger partial charge in [0.2, 0.25) is 0 Å². The maximum absolute atomic E-state index is 10.3. The number of hydrogen-bond acceptors (Lipinski definition) is 3. The van der Waals surface area contributed by atoms with E-state index < -0.39 is 6.10 Å². The van der Waals surface area contributed by atoms with E-state index in [1.807, 2.05) is 42.6 Å². The molecular formula is C13H13BrO2S. The smallest absolute Gasteiger partial charge is 0.119 e. The van der Waals surface area contributed by atoms with Gasteiger partial charge < -0.3 is 9.84 Å². The zero-order valence-corrected chi connectivity index (χ0v) is 11.8. The highest BCUT2D eigenvalue weighted by Crippen LogP contribution is 2.33. The maximum atomic E-state index is 10.3. The van der Waals surface area contributed by atoms with E-state index in [2.05, 4.69) is 15.9 Å². The highest BCUT2D eigenvalue weighted by atomic mass is 79.9. The Kier molecular flexibility index (Phi) is 4.20. The minimum Gasteiger partial charge on any atom is -0.494 e. The highest BCUT2D eigenvalue weighted by Gasteiger charge is 2.15. The van der Waals surface area contributed by atoms with Gasteiger partial charge in [-0.2, -0.15) is 0 Å². The van der Waals surface area contributed by atoms with Crippen LogP contribution < -0.4 is 4.74 Å². The van der Waals surface area contributed by atoms with Crippen LogP contribution in [-0.4, -0.2) is 11.7 Å². The van der Waals surface area contributed by atoms with E-state index in [1.54, 1.807) is 0 Å². The fraction of sp³-hybridized carbons (Fsp3) is 0.231. The Hall–Kier alpha value is -0.840. The lowest BCUT2D eigenvalue weighted by atomic mass is 10.1. The first-order chi connectivity index (χ1) is 8.22. The average Bonchev–Trinajstić information content (AvgIpc) is 2.75. The number of ether oxygens (including phenoxy) is 1. The third-order valence-corrected chi connectivity index (χ3v) is 4.30. The van der Waals surface area contributed by atoms with Gasteiger partial charge in [0.15, 0.2) is 0 Å². The van der Waals surface area contributed by atoms with Gasteiger partial charge in [0.1, 0.15) is 11.9 Å². The van der Waals surface area contributed by atoms with Crippen molar-refractivity contribution < 1.29 is 9.84 Å². The van der Waals surface area contributed by atoms with E-state index in [1.165, 1.54) is 11.3 Å². The second-order valence-corrected chi connectivity index (χ2v) is 5.34. The van der Waals surface area contributed by atoms with Crippen molar-refractivity contribution in [1.82, 2.24) is 0 Å². The standard InChI is InChI=1S/C13H13BrO2S/c1-2-16-10-5-3-4-9(8-10)12(15)13-11(14)6-7-17-13/h3-8,12,15H,2H2,1H3. The van der Waals surface area contributed by atoms with Gasteiger partial charge in [0, 0.05) is 4.47 Å². The summed E-state index contributed by atoms with van der Waals surface area (Å²) in [5, 5.41) is 12.2. The molecule has 90 valence electrons. The topological polar surface area (TPSA) is 29.5 Å². The van der Waals surface area contributed by atoms with Gasteiger partial charge in [0.25, 0.3) is 0 Å². The summed E-state index contributed by atoms with van der Waals surface area (Å²) in [6, 6.07) is 9.50. The number of halogens is 1. The third-order valence-electron chi connectivity index (χ3n) is 2.38. The molecule has 1 aromatic heterocycles. The van der Waals surface area contributed by atoms with E-state index in [0.29, 0.717) is 6.61 Å². The fourth-order valence-electron chi connectivity index (χ4n) is 1.59. The molecule has 0 radical (unpaired) electrons. The zero-order chi connectivity index (χ0) is 12.3. The summed E-state index contributed by atoms with van der Waals surface area (Å²) in [7, 11) is 0. The Labute approximate surface area is 113 Å². The van der Waals surface area contributed by atoms with Crippen LogP contribution in [0.3, 0.4) is 0 Å². The van der Waals surface area contributed by atoms with Gasteiger partial charge in [-0.1, -0.05) is 12.1 Å². The van der Waals surface area contributed by atoms with Crippen molar-refractivity contribution in [3.05, 3.63) is 50.6 Å². The second-order valence-electron chi connectivity index (χ2n) is 3.54. The van der Waals surface area contributed by atoms with Gasteiger partial charge in [-0.3, -0.25) is 0 Å². The molecule has 1 heterocycles. The quantitative estimate of drug-likeness (QED) is 0.925. The van der Waals surface area contributed by atoms with Crippen LogP contribution in [0.25, 0.3) is 0 Å². The number of rotatable bonds is 4. The first-order valence-electron chi connectivity index (χ1n) is 5.36. The van der Waals surface area contributed by atoms with Crippen molar-refractivity contribution in [1.29, 1.82) is 0 Å². The van der Waals surface area contributed by atoms with Crippen LogP contribution in [-0.2, 0) is 0 Å². The first kappa shape index (κ1) is 12.6. The number of aliphatic hydroxyl groups excluding tert-OH is 1. The van der Waals surface area contributed by atoms with Crippen LogP contribution in [0, 0.1) is 0 Å². The SMILES string of the molecule is CCOc1cccc(C(O)c2sccc2Br)c1. The van der Waals surface area contributed by atoms with Crippen molar-refractivity contribution in [2.24, 2.45) is 0 Å². The molecule has 2 rings (SSSR count). The van der Waals surface area contributed by atoms with Crippen molar-refractivity contribution >= 4 is 27.3 Å². The predicted octanol–water partition coefficient (Wildman–Crippen LogP) is 3.99. The molecule has 4 heteroatoms. The van der Waals surface area contributed by atoms with Crippen molar-refractivity contribution in [2.75, 3.05) is 6.61 Å². The zero-order valence-electron chi connectivity index (χ0n) is 9.39. The summed E-state index contributed by atoms with van der Waals surface area (Å²) in [6.45, 7) is 2.57. The Morgan fingerprint density at radius 3 is 2.88 bits per heavy atom. The Bertz CT molecular complexity index is 496. The molecule has 0 spiro atoms. The molecule has 1 aromatic carbocycles. The van der Waals surface area contributed by atoms with Crippen LogP contribution in [0.15, 0.2) is 40.2 Å². The van der Waals surface area contributed by atoms with Gasteiger partial charge in [-0.15, -0.1) is 11.3 Å². The summed E-state index contributed by atoms with van der Waals surface area (Å²) in [4.78, 5) is 0.915. The first-order valence-corrected chi connectivity index (χ1v) is 7.03. The van der Waals surface area contributed by atoms with E-state index in [4.69, 9.17) is 4.74 Å². The number of benzene rings is 1. The molecule has 0 aliphatic carbocycles. The normalized spacial score (nSPS) is 12.4. The fourth-order valence-corrected chi connectivity index (χ4v) is 3.19. The van der Waals surface area contributed by atoms with E-state index in [-0.39, 0.29) is 0 Å². The number of thiophene rings is 1. The minimum atomic E-state index is -0.607. The molecule has 0 amide bonds. The van der Waals surface area contributed by atoms with Crippen molar-refractivity contribution in [2.45, 2.75) is 13.0 Å². The molecule has 0 fully saturated rings. The average molecular weight is 313 g/mol. The molecule has 1 unspecified atom stereocenters. The van der Waals surface area contributed by atoms with Gasteiger partial charge in [-0.25, -0.2) is 0 Å². The summed E-state index contributed by atoms with van der Waals surface area (Å²) < 4.78 is 6.37. The van der Waals surface area contributed by atoms with Gasteiger partial charge in [0.05, 0.1) is 11.5 Å². The van der Waals surface area contributed by atoms with Gasteiger partial charge in [-0.05, 0) is 52.0 Å². The van der Waals surface area contributed by atoms with Crippen LogP contribution in [0.2, 0.25) is 0 Å². The maximum Gasteiger partial charge on any atom is 0.119 e. The molecule has 17 heavy (non-hydrogen) atoms. The Balaban J connectivity index is 2.28. The van der Waals surface area contributed by atoms with E-state index >= 15 is 0 Å². The van der Waals surface area contributed by atoms with Crippen LogP contribution in [0.1, 0.15) is 23.5 Å². The molecule has 0 aliphatic rings. The molecule has 1 N–H and O–H groups in total. The van der Waals surface area contributed by atoms with Crippen LogP contribution >= 0.6 is 27.3 Å². The van der Waals surface area contributed by atoms with E-state index in [0.717, 1.165) is 20.7 Å². The van der Waals surface area contributed by atoms with Crippen molar-refractivity contribution in [3.63, 3.8) is 0 Å². The number of hydrogen-bond donors (Lipinski definition) is 1. The van der Waals surface area contributed by atoms with Crippen LogP contribution in [0.5, 0.6) is 5.75 Å². The minimum absolute atomic E-state index is 0.607. The summed E-state index contributed by atoms with van der Waals surface area (Å²) in [5.74, 6) is 0.789. The second kappa shape index (κ2) is 5.67. The molecule has 0 saturated heterocycles. The lowest BCUT2D eigenvalue weighted by Crippen LogP contribution is -1.99. The number of aliphatic hydroxyl groups is 1. The Morgan fingerprint density at radius 1 is 1.41 bits per heavy atom. The van der Waals surface area contributed by atoms with E-state index in [9.17, 15) is 5.11 Å². The summed E-state index contributed by atoms with van der Waals surface area (Å²) in [6.07, 6.45) is -0.607. The molecule has 0 saturated carbocycles. The van der Waals surface area contributed by atoms with Crippen molar-refractivity contribution in [3.8, 4) is 5.75 Å².